The second kappa shape index (κ2) is 10.1. The maximum absolute atomic E-state index is 13.2. The van der Waals surface area contributed by atoms with E-state index in [2.05, 4.69) is 26.1 Å². The van der Waals surface area contributed by atoms with Crippen molar-refractivity contribution in [1.29, 1.82) is 0 Å². The Morgan fingerprint density at radius 2 is 2.00 bits per heavy atom. The van der Waals surface area contributed by atoms with E-state index in [1.165, 1.54) is 45.1 Å². The number of amides is 1. The minimum absolute atomic E-state index is 0.00835. The Morgan fingerprint density at radius 1 is 1.28 bits per heavy atom. The lowest BCUT2D eigenvalue weighted by molar-refractivity contribution is -0.126. The minimum atomic E-state index is -2.77. The molecule has 0 saturated carbocycles. The van der Waals surface area contributed by atoms with Crippen molar-refractivity contribution in [3.05, 3.63) is 35.6 Å². The molecule has 0 aliphatic carbocycles. The van der Waals surface area contributed by atoms with E-state index < -0.39 is 29.5 Å². The molecule has 5 aliphatic rings. The molecule has 5 aliphatic heterocycles. The van der Waals surface area contributed by atoms with Gasteiger partial charge in [-0.25, -0.2) is 23.6 Å². The third-order valence-electron chi connectivity index (χ3n) is 6.58. The van der Waals surface area contributed by atoms with Crippen molar-refractivity contribution in [2.45, 2.75) is 57.8 Å². The van der Waals surface area contributed by atoms with Crippen LogP contribution in [0.1, 0.15) is 45.7 Å². The first kappa shape index (κ1) is 25.9. The van der Waals surface area contributed by atoms with E-state index in [4.69, 9.17) is 4.99 Å². The van der Waals surface area contributed by atoms with Crippen molar-refractivity contribution in [2.24, 2.45) is 12.0 Å². The molecule has 0 radical (unpaired) electrons. The highest BCUT2D eigenvalue weighted by Gasteiger charge is 2.37. The Morgan fingerprint density at radius 3 is 2.56 bits per heavy atom. The van der Waals surface area contributed by atoms with E-state index >= 15 is 0 Å². The van der Waals surface area contributed by atoms with Gasteiger partial charge in [-0.15, -0.1) is 0 Å². The third kappa shape index (κ3) is 5.46. The quantitative estimate of drug-likeness (QED) is 0.571. The van der Waals surface area contributed by atoms with Crippen molar-refractivity contribution < 1.29 is 22.8 Å². The standard InChI is InChI=1S/C18H22F2N8O.C5H9FO/c1-26-9-13(15(25-26)16(19)20)23-18(29)12-7-22-28-5-4-14(24-17(12)28)27-8-10-2-3-11(27)6-21-10;1-4(7)5(2,3)6/h4-5,9-11,16,21-22H,2-3,6-8H2,1H3,(H,23,29);1-3H3. The van der Waals surface area contributed by atoms with E-state index in [1.54, 1.807) is 5.01 Å². The average Bonchev–Trinajstić information content (AvgIpc) is 3.42. The normalized spacial score (nSPS) is 22.9. The molecule has 3 saturated heterocycles. The first-order valence-electron chi connectivity index (χ1n) is 11.8. The highest BCUT2D eigenvalue weighted by Crippen LogP contribution is 2.29. The lowest BCUT2D eigenvalue weighted by Gasteiger charge is -2.47. The molecule has 0 spiro atoms. The van der Waals surface area contributed by atoms with Crippen LogP contribution in [0.25, 0.3) is 0 Å². The second-order valence-electron chi connectivity index (χ2n) is 9.67. The summed E-state index contributed by atoms with van der Waals surface area (Å²) in [6.07, 6.45) is 4.68. The van der Waals surface area contributed by atoms with Crippen LogP contribution in [0.15, 0.2) is 34.9 Å². The van der Waals surface area contributed by atoms with Crippen molar-refractivity contribution in [3.63, 3.8) is 0 Å². The molecule has 3 N–H and O–H groups in total. The summed E-state index contributed by atoms with van der Waals surface area (Å²) >= 11 is 0. The molecule has 36 heavy (non-hydrogen) atoms. The Labute approximate surface area is 207 Å². The van der Waals surface area contributed by atoms with Crippen LogP contribution in [0.3, 0.4) is 0 Å². The van der Waals surface area contributed by atoms with Gasteiger partial charge in [0, 0.05) is 51.2 Å². The number of aliphatic imine (C=N–C) groups is 1. The van der Waals surface area contributed by atoms with E-state index in [0.29, 0.717) is 23.5 Å². The number of anilines is 1. The molecule has 1 aromatic heterocycles. The number of nitrogens with one attached hydrogen (secondary N) is 3. The van der Waals surface area contributed by atoms with Crippen LogP contribution in [0, 0.1) is 0 Å². The van der Waals surface area contributed by atoms with Gasteiger partial charge in [0.2, 0.25) is 0 Å². The number of fused-ring (bicyclic) bond motifs is 4. The lowest BCUT2D eigenvalue weighted by Crippen LogP contribution is -2.62. The molecule has 1 amide bonds. The summed E-state index contributed by atoms with van der Waals surface area (Å²) in [5.41, 5.74) is 1.40. The predicted octanol–water partition coefficient (Wildman–Crippen LogP) is 2.01. The number of carbonyl (C=O) groups excluding carboxylic acids is 2. The molecule has 2 unspecified atom stereocenters. The predicted molar refractivity (Wildman–Crippen MR) is 128 cm³/mol. The van der Waals surface area contributed by atoms with Crippen LogP contribution >= 0.6 is 0 Å². The number of ketones is 1. The molecule has 3 fully saturated rings. The van der Waals surface area contributed by atoms with Gasteiger partial charge in [0.05, 0.1) is 11.3 Å². The van der Waals surface area contributed by atoms with Gasteiger partial charge in [0.15, 0.2) is 23.0 Å². The minimum Gasteiger partial charge on any atom is -0.351 e. The van der Waals surface area contributed by atoms with Gasteiger partial charge in [0.1, 0.15) is 5.84 Å². The number of Topliss-reactive ketones (excluding diaryl/α,β-unsaturated/α-hetero) is 1. The summed E-state index contributed by atoms with van der Waals surface area (Å²) in [5.74, 6) is 0.436. The maximum atomic E-state index is 13.2. The SMILES string of the molecule is CC(=O)C(C)(C)F.Cn1cc(NC(=O)C2=C3N=C(N4CC5CCC4CN5)C=CN3NC2)c(C(F)F)n1. The largest absolute Gasteiger partial charge is 0.351 e. The van der Waals surface area contributed by atoms with Gasteiger partial charge in [0.25, 0.3) is 12.3 Å². The van der Waals surface area contributed by atoms with Gasteiger partial charge in [-0.1, -0.05) is 0 Å². The fourth-order valence-corrected chi connectivity index (χ4v) is 4.29. The zero-order valence-electron chi connectivity index (χ0n) is 20.7. The number of aryl methyl sites for hydroxylation is 1. The number of amidine groups is 1. The van der Waals surface area contributed by atoms with E-state index in [9.17, 15) is 22.8 Å². The monoisotopic (exact) mass is 508 g/mol. The smallest absolute Gasteiger partial charge is 0.284 e. The highest BCUT2D eigenvalue weighted by atomic mass is 19.3. The number of aromatic nitrogens is 2. The van der Waals surface area contributed by atoms with E-state index in [0.717, 1.165) is 25.3 Å². The van der Waals surface area contributed by atoms with Gasteiger partial charge >= 0.3 is 0 Å². The van der Waals surface area contributed by atoms with Crippen LogP contribution in [0.5, 0.6) is 0 Å². The molecule has 196 valence electrons. The van der Waals surface area contributed by atoms with Crippen molar-refractivity contribution in [3.8, 4) is 0 Å². The zero-order valence-corrected chi connectivity index (χ0v) is 20.7. The molecular formula is C23H31F3N8O2. The fourth-order valence-electron chi connectivity index (χ4n) is 4.29. The number of hydrogen-bond donors (Lipinski definition) is 3. The fraction of sp³-hybridized carbons (Fsp3) is 0.565. The Hall–Kier alpha value is -3.19. The van der Waals surface area contributed by atoms with E-state index in [-0.39, 0.29) is 12.2 Å². The first-order valence-corrected chi connectivity index (χ1v) is 11.8. The molecule has 6 rings (SSSR count). The molecule has 13 heteroatoms. The summed E-state index contributed by atoms with van der Waals surface area (Å²) < 4.78 is 39.8. The molecule has 2 bridgehead atoms. The van der Waals surface area contributed by atoms with Crippen LogP contribution in [0.2, 0.25) is 0 Å². The lowest BCUT2D eigenvalue weighted by atomic mass is 9.93. The van der Waals surface area contributed by atoms with Gasteiger partial charge in [-0.05, 0) is 39.7 Å². The number of nitrogens with zero attached hydrogens (tertiary/aromatic N) is 5. The van der Waals surface area contributed by atoms with Crippen LogP contribution in [-0.4, -0.2) is 74.6 Å². The number of alkyl halides is 3. The molecule has 2 atom stereocenters. The number of rotatable bonds is 4. The highest BCUT2D eigenvalue weighted by molar-refractivity contribution is 6.06. The number of carbonyl (C=O) groups is 2. The van der Waals surface area contributed by atoms with Crippen LogP contribution in [-0.2, 0) is 16.6 Å². The van der Waals surface area contributed by atoms with E-state index in [1.807, 2.05) is 12.3 Å². The van der Waals surface area contributed by atoms with Crippen molar-refractivity contribution >= 4 is 23.2 Å². The second-order valence-corrected chi connectivity index (χ2v) is 9.67. The molecule has 0 aromatic carbocycles. The van der Waals surface area contributed by atoms with Gasteiger partial charge in [-0.2, -0.15) is 5.10 Å². The van der Waals surface area contributed by atoms with Crippen LogP contribution < -0.4 is 16.1 Å². The number of hydrazine groups is 1. The number of halogens is 3. The Balaban J connectivity index is 0.000000384. The third-order valence-corrected chi connectivity index (χ3v) is 6.58. The van der Waals surface area contributed by atoms with Crippen molar-refractivity contribution in [2.75, 3.05) is 25.0 Å². The summed E-state index contributed by atoms with van der Waals surface area (Å²) in [5, 5.41) is 11.5. The number of piperidine rings is 2. The molecular weight excluding hydrogens is 477 g/mol. The number of piperazine rings is 1. The van der Waals surface area contributed by atoms with Crippen LogP contribution in [0.4, 0.5) is 18.9 Å². The Kier molecular flexibility index (Phi) is 7.23. The summed E-state index contributed by atoms with van der Waals surface area (Å²) in [4.78, 5) is 29.9. The molecule has 10 nitrogen and oxygen atoms in total. The summed E-state index contributed by atoms with van der Waals surface area (Å²) in [6.45, 7) is 5.82. The molecule has 6 heterocycles. The average molecular weight is 509 g/mol. The van der Waals surface area contributed by atoms with Gasteiger partial charge < -0.3 is 15.5 Å². The topological polar surface area (TPSA) is 107 Å². The first-order chi connectivity index (χ1) is 16.9. The Bertz CT molecular complexity index is 1110. The summed E-state index contributed by atoms with van der Waals surface area (Å²) in [7, 11) is 1.53. The van der Waals surface area contributed by atoms with Gasteiger partial charge in [-0.3, -0.25) is 19.3 Å². The zero-order chi connectivity index (χ0) is 26.2. The number of hydrogen-bond acceptors (Lipinski definition) is 8. The molecule has 1 aromatic rings. The maximum Gasteiger partial charge on any atom is 0.284 e. The van der Waals surface area contributed by atoms with Crippen molar-refractivity contribution in [1.82, 2.24) is 30.4 Å². The summed E-state index contributed by atoms with van der Waals surface area (Å²) in [6, 6.07) is 0.858.